The van der Waals surface area contributed by atoms with Gasteiger partial charge in [0.15, 0.2) is 0 Å². The molecular formula is C21H26N2O3. The summed E-state index contributed by atoms with van der Waals surface area (Å²) in [4.78, 5) is 15.2. The molecule has 26 heavy (non-hydrogen) atoms. The van der Waals surface area contributed by atoms with Crippen LogP contribution in [0.15, 0.2) is 35.5 Å². The van der Waals surface area contributed by atoms with Gasteiger partial charge in [-0.05, 0) is 56.2 Å². The Bertz CT molecular complexity index is 802. The number of fused-ring (bicyclic) bond motifs is 1. The second-order valence-electron chi connectivity index (χ2n) is 8.38. The smallest absolute Gasteiger partial charge is 0.335 e. The van der Waals surface area contributed by atoms with Gasteiger partial charge in [-0.1, -0.05) is 18.2 Å². The summed E-state index contributed by atoms with van der Waals surface area (Å²) in [6.45, 7) is 3.86. The topological polar surface area (TPSA) is 61.8 Å². The summed E-state index contributed by atoms with van der Waals surface area (Å²) in [7, 11) is 1.47. The molecule has 0 bridgehead atoms. The number of piperidine rings is 1. The zero-order valence-corrected chi connectivity index (χ0v) is 15.4. The molecule has 0 aromatic heterocycles. The van der Waals surface area contributed by atoms with Crippen molar-refractivity contribution in [1.82, 2.24) is 4.90 Å². The highest BCUT2D eigenvalue weighted by Crippen LogP contribution is 2.61. The van der Waals surface area contributed by atoms with Gasteiger partial charge in [-0.15, -0.1) is 0 Å². The van der Waals surface area contributed by atoms with Crippen LogP contribution in [0.3, 0.4) is 0 Å². The minimum atomic E-state index is -0.312. The fourth-order valence-corrected chi connectivity index (χ4v) is 6.21. The SMILES string of the molecule is COC(=O)C1=C2Nc3ccccc3[C@]23CCN2C[C@H](C(C)O)C[C@H](C1)[C@@H]23. The Hall–Kier alpha value is -1.85. The molecular weight excluding hydrogens is 328 g/mol. The molecule has 5 atom stereocenters. The van der Waals surface area contributed by atoms with E-state index in [1.165, 1.54) is 12.7 Å². The van der Waals surface area contributed by atoms with Crippen molar-refractivity contribution in [3.8, 4) is 0 Å². The van der Waals surface area contributed by atoms with Gasteiger partial charge in [-0.3, -0.25) is 4.90 Å². The van der Waals surface area contributed by atoms with Crippen LogP contribution in [-0.4, -0.2) is 48.3 Å². The summed E-state index contributed by atoms with van der Waals surface area (Å²) in [5.74, 6) is 0.434. The maximum atomic E-state index is 12.6. The summed E-state index contributed by atoms with van der Waals surface area (Å²) in [5, 5.41) is 13.8. The molecule has 4 aliphatic rings. The first-order valence-corrected chi connectivity index (χ1v) is 9.67. The fraction of sp³-hybridized carbons (Fsp3) is 0.571. The molecule has 2 N–H and O–H groups in total. The standard InChI is InChI=1S/C21H26N2O3/c1-12(24)14-9-13-10-15(20(25)26-2)18-21(7-8-23(11-14)19(13)21)16-5-3-4-6-17(16)22-18/h3-6,12-14,19,22,24H,7-11H2,1-2H3/t12?,13-,14-,19-,21-/m1/s1. The molecule has 5 nitrogen and oxygen atoms in total. The van der Waals surface area contributed by atoms with E-state index in [0.717, 1.165) is 49.3 Å². The molecule has 5 heteroatoms. The number of methoxy groups -OCH3 is 1. The van der Waals surface area contributed by atoms with Gasteiger partial charge in [0.25, 0.3) is 0 Å². The monoisotopic (exact) mass is 354 g/mol. The van der Waals surface area contributed by atoms with Gasteiger partial charge in [0.05, 0.1) is 24.2 Å². The average Bonchev–Trinajstić information content (AvgIpc) is 3.20. The lowest BCUT2D eigenvalue weighted by Gasteiger charge is -2.50. The van der Waals surface area contributed by atoms with Crippen LogP contribution >= 0.6 is 0 Å². The van der Waals surface area contributed by atoms with Crippen molar-refractivity contribution in [2.45, 2.75) is 43.7 Å². The molecule has 3 aliphatic heterocycles. The highest BCUT2D eigenvalue weighted by molar-refractivity contribution is 5.93. The van der Waals surface area contributed by atoms with Crippen LogP contribution in [0.5, 0.6) is 0 Å². The molecule has 0 amide bonds. The summed E-state index contributed by atoms with van der Waals surface area (Å²) >= 11 is 0. The third kappa shape index (κ3) is 1.96. The first-order chi connectivity index (χ1) is 12.6. The average molecular weight is 354 g/mol. The number of rotatable bonds is 2. The van der Waals surface area contributed by atoms with Crippen LogP contribution in [0.4, 0.5) is 5.69 Å². The third-order valence-electron chi connectivity index (χ3n) is 7.21. The van der Waals surface area contributed by atoms with Gasteiger partial charge >= 0.3 is 5.97 Å². The maximum absolute atomic E-state index is 12.6. The lowest BCUT2D eigenvalue weighted by molar-refractivity contribution is -0.137. The van der Waals surface area contributed by atoms with Gasteiger partial charge in [-0.2, -0.15) is 0 Å². The van der Waals surface area contributed by atoms with Crippen LogP contribution in [0.25, 0.3) is 0 Å². The number of nitrogens with zero attached hydrogens (tertiary/aromatic N) is 1. The normalized spacial score (nSPS) is 36.0. The lowest BCUT2D eigenvalue weighted by atomic mass is 9.60. The first-order valence-electron chi connectivity index (χ1n) is 9.67. The predicted molar refractivity (Wildman–Crippen MR) is 98.7 cm³/mol. The van der Waals surface area contributed by atoms with Crippen molar-refractivity contribution in [3.05, 3.63) is 41.1 Å². The van der Waals surface area contributed by atoms with Gasteiger partial charge in [0.1, 0.15) is 0 Å². The van der Waals surface area contributed by atoms with Crippen molar-refractivity contribution in [2.24, 2.45) is 11.8 Å². The highest BCUT2D eigenvalue weighted by atomic mass is 16.5. The second kappa shape index (κ2) is 5.57. The summed E-state index contributed by atoms with van der Waals surface area (Å²) in [5.41, 5.74) is 4.20. The minimum Gasteiger partial charge on any atom is -0.466 e. The van der Waals surface area contributed by atoms with E-state index in [2.05, 4.69) is 28.4 Å². The molecule has 1 unspecified atom stereocenters. The second-order valence-corrected chi connectivity index (χ2v) is 8.38. The van der Waals surface area contributed by atoms with Crippen molar-refractivity contribution in [1.29, 1.82) is 0 Å². The van der Waals surface area contributed by atoms with Gasteiger partial charge < -0.3 is 15.2 Å². The molecule has 138 valence electrons. The first kappa shape index (κ1) is 16.3. The van der Waals surface area contributed by atoms with E-state index in [0.29, 0.717) is 12.0 Å². The zero-order valence-electron chi connectivity index (χ0n) is 15.4. The van der Waals surface area contributed by atoms with Crippen LogP contribution in [0, 0.1) is 11.8 Å². The Morgan fingerprint density at radius 1 is 1.42 bits per heavy atom. The van der Waals surface area contributed by atoms with Gasteiger partial charge in [0, 0.05) is 24.0 Å². The van der Waals surface area contributed by atoms with Crippen LogP contribution < -0.4 is 5.32 Å². The Kier molecular flexibility index (Phi) is 3.50. The minimum absolute atomic E-state index is 0.132. The van der Waals surface area contributed by atoms with Crippen molar-refractivity contribution < 1.29 is 14.6 Å². The number of anilines is 1. The van der Waals surface area contributed by atoms with E-state index in [9.17, 15) is 9.90 Å². The number of carbonyl (C=O) groups excluding carboxylic acids is 1. The predicted octanol–water partition coefficient (Wildman–Crippen LogP) is 2.27. The number of nitrogens with one attached hydrogen (secondary N) is 1. The van der Waals surface area contributed by atoms with E-state index in [1.54, 1.807) is 0 Å². The number of ether oxygens (including phenoxy) is 1. The van der Waals surface area contributed by atoms with E-state index < -0.39 is 0 Å². The van der Waals surface area contributed by atoms with E-state index in [1.807, 2.05) is 13.0 Å². The van der Waals surface area contributed by atoms with Crippen LogP contribution in [0.1, 0.15) is 31.7 Å². The third-order valence-corrected chi connectivity index (χ3v) is 7.21. The summed E-state index contributed by atoms with van der Waals surface area (Å²) < 4.78 is 5.15. The summed E-state index contributed by atoms with van der Waals surface area (Å²) in [6, 6.07) is 8.88. The van der Waals surface area contributed by atoms with Gasteiger partial charge in [-0.25, -0.2) is 4.79 Å². The number of aliphatic hydroxyl groups is 1. The Morgan fingerprint density at radius 3 is 3.00 bits per heavy atom. The number of esters is 1. The Labute approximate surface area is 154 Å². The quantitative estimate of drug-likeness (QED) is 0.798. The molecule has 1 aromatic rings. The maximum Gasteiger partial charge on any atom is 0.335 e. The lowest BCUT2D eigenvalue weighted by Crippen LogP contribution is -2.56. The molecule has 1 aromatic carbocycles. The Balaban J connectivity index is 1.69. The highest BCUT2D eigenvalue weighted by Gasteiger charge is 2.62. The van der Waals surface area contributed by atoms with Crippen molar-refractivity contribution in [2.75, 3.05) is 25.5 Å². The van der Waals surface area contributed by atoms with Gasteiger partial charge in [0.2, 0.25) is 0 Å². The van der Waals surface area contributed by atoms with Crippen molar-refractivity contribution in [3.63, 3.8) is 0 Å². The molecule has 0 radical (unpaired) electrons. The molecule has 2 saturated heterocycles. The van der Waals surface area contributed by atoms with Crippen LogP contribution in [-0.2, 0) is 14.9 Å². The molecule has 3 heterocycles. The zero-order chi connectivity index (χ0) is 18.1. The number of hydrogen-bond donors (Lipinski definition) is 2. The number of aliphatic hydroxyl groups excluding tert-OH is 1. The largest absolute Gasteiger partial charge is 0.466 e. The number of benzene rings is 1. The molecule has 0 saturated carbocycles. The van der Waals surface area contributed by atoms with E-state index >= 15 is 0 Å². The Morgan fingerprint density at radius 2 is 2.23 bits per heavy atom. The molecule has 2 fully saturated rings. The number of carbonyl (C=O) groups is 1. The fourth-order valence-electron chi connectivity index (χ4n) is 6.21. The van der Waals surface area contributed by atoms with Crippen LogP contribution in [0.2, 0.25) is 0 Å². The summed E-state index contributed by atoms with van der Waals surface area (Å²) in [6.07, 6.45) is 2.40. The van der Waals surface area contributed by atoms with Crippen molar-refractivity contribution >= 4 is 11.7 Å². The van der Waals surface area contributed by atoms with E-state index in [-0.39, 0.29) is 23.4 Å². The molecule has 1 spiro atoms. The number of hydrogen-bond acceptors (Lipinski definition) is 5. The number of para-hydroxylation sites is 1. The molecule has 5 rings (SSSR count). The molecule has 1 aliphatic carbocycles. The van der Waals surface area contributed by atoms with E-state index in [4.69, 9.17) is 4.74 Å².